The first-order valence-electron chi connectivity index (χ1n) is 7.95. The maximum Gasteiger partial charge on any atom is 0.226 e. The van der Waals surface area contributed by atoms with Crippen molar-refractivity contribution in [1.82, 2.24) is 20.3 Å². The van der Waals surface area contributed by atoms with Gasteiger partial charge in [-0.25, -0.2) is 0 Å². The number of carbonyl (C=O) groups excluding carboxylic acids is 1. The summed E-state index contributed by atoms with van der Waals surface area (Å²) in [6.07, 6.45) is 7.23. The summed E-state index contributed by atoms with van der Waals surface area (Å²) < 4.78 is 11.4. The van der Waals surface area contributed by atoms with Crippen molar-refractivity contribution < 1.29 is 14.3 Å². The molecule has 2 aromatic rings. The van der Waals surface area contributed by atoms with E-state index in [-0.39, 0.29) is 24.5 Å². The molecule has 0 aliphatic carbocycles. The highest BCUT2D eigenvalue weighted by Gasteiger charge is 2.28. The molecular weight excluding hydrogens is 308 g/mol. The molecule has 1 aliphatic heterocycles. The summed E-state index contributed by atoms with van der Waals surface area (Å²) in [6, 6.07) is 5.61. The average molecular weight is 328 g/mol. The van der Waals surface area contributed by atoms with Crippen molar-refractivity contribution in [2.24, 2.45) is 0 Å². The second-order valence-corrected chi connectivity index (χ2v) is 5.58. The second kappa shape index (κ2) is 8.47. The van der Waals surface area contributed by atoms with E-state index in [9.17, 15) is 4.79 Å². The number of carbonyl (C=O) groups is 1. The molecule has 0 saturated carbocycles. The molecular formula is C17H20N4O3. The van der Waals surface area contributed by atoms with Crippen molar-refractivity contribution in [3.05, 3.63) is 54.4 Å². The van der Waals surface area contributed by atoms with Crippen LogP contribution in [0.1, 0.15) is 17.8 Å². The number of nitrogens with one attached hydrogen (secondary N) is 1. The zero-order chi connectivity index (χ0) is 16.6. The average Bonchev–Trinajstić information content (AvgIpc) is 2.63. The van der Waals surface area contributed by atoms with Gasteiger partial charge >= 0.3 is 0 Å². The van der Waals surface area contributed by atoms with Crippen molar-refractivity contribution in [3.8, 4) is 0 Å². The zero-order valence-corrected chi connectivity index (χ0v) is 13.3. The van der Waals surface area contributed by atoms with Crippen LogP contribution in [0.2, 0.25) is 0 Å². The van der Waals surface area contributed by atoms with Crippen LogP contribution in [0.3, 0.4) is 0 Å². The number of amides is 1. The van der Waals surface area contributed by atoms with Gasteiger partial charge in [0.1, 0.15) is 6.10 Å². The third kappa shape index (κ3) is 4.81. The Labute approximate surface area is 140 Å². The topological polar surface area (TPSA) is 86.2 Å². The standard InChI is InChI=1S/C17H20N4O3/c22-17(9-14-10-18-6-7-20-14)21-15-4-8-23-12-16(15)24-11-13-3-1-2-5-19-13/h1-3,5-7,10,15-16H,4,8-9,11-12H2,(H,21,22)/t15-,16-/m1/s1. The molecule has 0 bridgehead atoms. The van der Waals surface area contributed by atoms with Gasteiger partial charge in [-0.1, -0.05) is 6.07 Å². The molecule has 1 fully saturated rings. The summed E-state index contributed by atoms with van der Waals surface area (Å²) in [7, 11) is 0. The maximum absolute atomic E-state index is 12.2. The maximum atomic E-state index is 12.2. The Morgan fingerprint density at radius 1 is 1.25 bits per heavy atom. The van der Waals surface area contributed by atoms with Crippen LogP contribution >= 0.6 is 0 Å². The number of aromatic nitrogens is 3. The number of hydrogen-bond acceptors (Lipinski definition) is 6. The van der Waals surface area contributed by atoms with Gasteiger partial charge in [-0.15, -0.1) is 0 Å². The third-order valence-electron chi connectivity index (χ3n) is 3.78. The van der Waals surface area contributed by atoms with Crippen LogP contribution in [0.25, 0.3) is 0 Å². The summed E-state index contributed by atoms with van der Waals surface area (Å²) in [5, 5.41) is 3.02. The fourth-order valence-corrected chi connectivity index (χ4v) is 2.56. The summed E-state index contributed by atoms with van der Waals surface area (Å²) in [6.45, 7) is 1.47. The first-order chi connectivity index (χ1) is 11.8. The smallest absolute Gasteiger partial charge is 0.226 e. The molecule has 0 unspecified atom stereocenters. The Bertz CT molecular complexity index is 639. The lowest BCUT2D eigenvalue weighted by Crippen LogP contribution is -2.50. The van der Waals surface area contributed by atoms with Crippen molar-refractivity contribution in [2.75, 3.05) is 13.2 Å². The summed E-state index contributed by atoms with van der Waals surface area (Å²) in [5.41, 5.74) is 1.50. The Morgan fingerprint density at radius 3 is 2.96 bits per heavy atom. The number of ether oxygens (including phenoxy) is 2. The van der Waals surface area contributed by atoms with E-state index >= 15 is 0 Å². The monoisotopic (exact) mass is 328 g/mol. The highest BCUT2D eigenvalue weighted by molar-refractivity contribution is 5.78. The van der Waals surface area contributed by atoms with Gasteiger partial charge in [-0.05, 0) is 18.6 Å². The van der Waals surface area contributed by atoms with Crippen LogP contribution in [0, 0.1) is 0 Å². The van der Waals surface area contributed by atoms with Crippen LogP contribution < -0.4 is 5.32 Å². The van der Waals surface area contributed by atoms with E-state index in [0.717, 1.165) is 12.1 Å². The van der Waals surface area contributed by atoms with Gasteiger partial charge in [0.05, 0.1) is 37.1 Å². The first-order valence-corrected chi connectivity index (χ1v) is 7.95. The van der Waals surface area contributed by atoms with E-state index in [2.05, 4.69) is 20.3 Å². The van der Waals surface area contributed by atoms with Crippen molar-refractivity contribution >= 4 is 5.91 Å². The van der Waals surface area contributed by atoms with E-state index < -0.39 is 0 Å². The van der Waals surface area contributed by atoms with Gasteiger partial charge in [0.15, 0.2) is 0 Å². The minimum absolute atomic E-state index is 0.0772. The predicted octanol–water partition coefficient (Wildman–Crippen LogP) is 0.905. The number of hydrogen-bond donors (Lipinski definition) is 1. The Morgan fingerprint density at radius 2 is 2.17 bits per heavy atom. The molecule has 2 aromatic heterocycles. The van der Waals surface area contributed by atoms with Gasteiger partial charge in [0.2, 0.25) is 5.91 Å². The van der Waals surface area contributed by atoms with Crippen LogP contribution in [-0.4, -0.2) is 46.2 Å². The van der Waals surface area contributed by atoms with E-state index in [0.29, 0.717) is 25.5 Å². The molecule has 2 atom stereocenters. The lowest BCUT2D eigenvalue weighted by molar-refractivity contribution is -0.126. The molecule has 7 heteroatoms. The highest BCUT2D eigenvalue weighted by Crippen LogP contribution is 2.13. The highest BCUT2D eigenvalue weighted by atomic mass is 16.5. The molecule has 0 aromatic carbocycles. The van der Waals surface area contributed by atoms with Crippen LogP contribution in [-0.2, 0) is 27.3 Å². The van der Waals surface area contributed by atoms with Crippen molar-refractivity contribution in [1.29, 1.82) is 0 Å². The molecule has 1 N–H and O–H groups in total. The van der Waals surface area contributed by atoms with Gasteiger partial charge < -0.3 is 14.8 Å². The number of nitrogens with zero attached hydrogens (tertiary/aromatic N) is 3. The fourth-order valence-electron chi connectivity index (χ4n) is 2.56. The van der Waals surface area contributed by atoms with E-state index in [4.69, 9.17) is 9.47 Å². The molecule has 1 saturated heterocycles. The fraction of sp³-hybridized carbons (Fsp3) is 0.412. The number of rotatable bonds is 6. The normalized spacial score (nSPS) is 20.5. The zero-order valence-electron chi connectivity index (χ0n) is 13.3. The minimum atomic E-state index is -0.188. The number of pyridine rings is 1. The molecule has 3 heterocycles. The van der Waals surface area contributed by atoms with Crippen LogP contribution in [0.4, 0.5) is 0 Å². The Balaban J connectivity index is 1.53. The van der Waals surface area contributed by atoms with E-state index in [1.54, 1.807) is 24.8 Å². The first kappa shape index (κ1) is 16.5. The molecule has 24 heavy (non-hydrogen) atoms. The Hall–Kier alpha value is -2.38. The molecule has 1 aliphatic rings. The molecule has 3 rings (SSSR count). The lowest BCUT2D eigenvalue weighted by atomic mass is 10.1. The van der Waals surface area contributed by atoms with Gasteiger partial charge in [-0.2, -0.15) is 0 Å². The van der Waals surface area contributed by atoms with Crippen molar-refractivity contribution in [2.45, 2.75) is 31.6 Å². The van der Waals surface area contributed by atoms with Crippen LogP contribution in [0.15, 0.2) is 43.0 Å². The summed E-state index contributed by atoms with van der Waals surface area (Å²) in [5.74, 6) is -0.0890. The van der Waals surface area contributed by atoms with Gasteiger partial charge in [0, 0.05) is 31.4 Å². The Kier molecular flexibility index (Phi) is 5.81. The predicted molar refractivity (Wildman–Crippen MR) is 85.9 cm³/mol. The van der Waals surface area contributed by atoms with E-state index in [1.807, 2.05) is 18.2 Å². The van der Waals surface area contributed by atoms with Crippen LogP contribution in [0.5, 0.6) is 0 Å². The third-order valence-corrected chi connectivity index (χ3v) is 3.78. The molecule has 0 spiro atoms. The molecule has 1 amide bonds. The molecule has 0 radical (unpaired) electrons. The van der Waals surface area contributed by atoms with Crippen molar-refractivity contribution in [3.63, 3.8) is 0 Å². The second-order valence-electron chi connectivity index (χ2n) is 5.58. The van der Waals surface area contributed by atoms with E-state index in [1.165, 1.54) is 0 Å². The summed E-state index contributed by atoms with van der Waals surface area (Å²) in [4.78, 5) is 24.5. The quantitative estimate of drug-likeness (QED) is 0.848. The minimum Gasteiger partial charge on any atom is -0.379 e. The molecule has 126 valence electrons. The SMILES string of the molecule is O=C(Cc1cnccn1)N[C@@H]1CCOC[C@H]1OCc1ccccn1. The lowest BCUT2D eigenvalue weighted by Gasteiger charge is -2.32. The summed E-state index contributed by atoms with van der Waals surface area (Å²) >= 11 is 0. The molecule has 7 nitrogen and oxygen atoms in total. The van der Waals surface area contributed by atoms with Gasteiger partial charge in [-0.3, -0.25) is 19.7 Å². The van der Waals surface area contributed by atoms with Gasteiger partial charge in [0.25, 0.3) is 0 Å². The largest absolute Gasteiger partial charge is 0.379 e.